The number of carboxylic acid groups (broad SMARTS) is 1. The molecule has 26 heavy (non-hydrogen) atoms. The maximum Gasteiger partial charge on any atom is 0.339 e. The van der Waals surface area contributed by atoms with Crippen molar-refractivity contribution >= 4 is 17.7 Å². The number of carbonyl (C=O) groups is 1. The quantitative estimate of drug-likeness (QED) is 0.700. The molecule has 5 heteroatoms. The van der Waals surface area contributed by atoms with Gasteiger partial charge in [-0.2, -0.15) is 0 Å². The Bertz CT molecular complexity index is 921. The van der Waals surface area contributed by atoms with Crippen LogP contribution in [0.2, 0.25) is 0 Å². The third-order valence-electron chi connectivity index (χ3n) is 4.62. The Kier molecular flexibility index (Phi) is 4.99. The van der Waals surface area contributed by atoms with Crippen LogP contribution in [0.25, 0.3) is 0 Å². The number of aliphatic hydroxyl groups excluding tert-OH is 1. The topological polar surface area (TPSA) is 77.8 Å². The van der Waals surface area contributed by atoms with Gasteiger partial charge < -0.3 is 15.3 Å². The maximum absolute atomic E-state index is 10.9. The van der Waals surface area contributed by atoms with Crippen molar-refractivity contribution in [2.24, 2.45) is 0 Å². The van der Waals surface area contributed by atoms with Crippen LogP contribution in [-0.4, -0.2) is 27.0 Å². The van der Waals surface area contributed by atoms with Gasteiger partial charge in [0.1, 0.15) is 17.4 Å². The zero-order valence-corrected chi connectivity index (χ0v) is 15.4. The second-order valence-electron chi connectivity index (χ2n) is 6.95. The molecule has 0 aromatic heterocycles. The number of thioether (sulfide) groups is 1. The first-order valence-electron chi connectivity index (χ1n) is 8.31. The highest BCUT2D eigenvalue weighted by atomic mass is 32.2. The zero-order chi connectivity index (χ0) is 18.9. The summed E-state index contributed by atoms with van der Waals surface area (Å²) in [4.78, 5) is 12.1. The largest absolute Gasteiger partial charge is 0.507 e. The first-order valence-corrected chi connectivity index (χ1v) is 9.29. The number of fused-ring (bicyclic) bond motifs is 1. The highest BCUT2D eigenvalue weighted by Gasteiger charge is 2.28. The number of aromatic hydroxyl groups is 1. The molecular formula is C21H20O4S. The summed E-state index contributed by atoms with van der Waals surface area (Å²) in [6.45, 7) is 4.46. The Hall–Kier alpha value is -2.42. The van der Waals surface area contributed by atoms with Crippen molar-refractivity contribution in [3.8, 4) is 17.6 Å². The lowest BCUT2D eigenvalue weighted by atomic mass is 9.81. The fourth-order valence-electron chi connectivity index (χ4n) is 2.96. The smallest absolute Gasteiger partial charge is 0.339 e. The van der Waals surface area contributed by atoms with Crippen LogP contribution in [0.3, 0.4) is 0 Å². The maximum atomic E-state index is 10.9. The second-order valence-corrected chi connectivity index (χ2v) is 8.08. The molecule has 3 rings (SSSR count). The van der Waals surface area contributed by atoms with E-state index in [2.05, 4.69) is 31.8 Å². The lowest BCUT2D eigenvalue weighted by molar-refractivity contribution is 0.0693. The normalized spacial score (nSPS) is 16.1. The van der Waals surface area contributed by atoms with Gasteiger partial charge in [-0.25, -0.2) is 4.79 Å². The van der Waals surface area contributed by atoms with E-state index in [0.717, 1.165) is 17.7 Å². The third kappa shape index (κ3) is 3.72. The van der Waals surface area contributed by atoms with Gasteiger partial charge in [-0.15, -0.1) is 11.8 Å². The van der Waals surface area contributed by atoms with Crippen molar-refractivity contribution in [2.75, 3.05) is 5.75 Å². The number of aliphatic hydroxyl groups is 1. The van der Waals surface area contributed by atoms with E-state index in [-0.39, 0.29) is 16.7 Å². The molecule has 0 spiro atoms. The van der Waals surface area contributed by atoms with Gasteiger partial charge in [-0.3, -0.25) is 0 Å². The molecule has 0 saturated heterocycles. The minimum atomic E-state index is -1.20. The number of benzene rings is 2. The van der Waals surface area contributed by atoms with Crippen LogP contribution in [0, 0.1) is 11.8 Å². The van der Waals surface area contributed by atoms with Crippen LogP contribution >= 0.6 is 11.8 Å². The van der Waals surface area contributed by atoms with Crippen LogP contribution in [-0.2, 0) is 5.41 Å². The molecule has 1 aliphatic rings. The van der Waals surface area contributed by atoms with Crippen LogP contribution in [0.15, 0.2) is 41.3 Å². The molecule has 2 aromatic carbocycles. The van der Waals surface area contributed by atoms with Gasteiger partial charge in [-0.1, -0.05) is 37.8 Å². The molecule has 2 aromatic rings. The number of carboxylic acids is 1. The van der Waals surface area contributed by atoms with E-state index >= 15 is 0 Å². The lowest BCUT2D eigenvalue weighted by Crippen LogP contribution is -2.22. The van der Waals surface area contributed by atoms with Gasteiger partial charge >= 0.3 is 5.97 Å². The van der Waals surface area contributed by atoms with Crippen molar-refractivity contribution < 1.29 is 20.1 Å². The predicted molar refractivity (Wildman–Crippen MR) is 102 cm³/mol. The van der Waals surface area contributed by atoms with Crippen molar-refractivity contribution in [2.45, 2.75) is 36.7 Å². The first kappa shape index (κ1) is 18.4. The lowest BCUT2D eigenvalue weighted by Gasteiger charge is -2.32. The van der Waals surface area contributed by atoms with Gasteiger partial charge in [0.2, 0.25) is 0 Å². The number of hydrogen-bond donors (Lipinski definition) is 3. The molecule has 1 heterocycles. The summed E-state index contributed by atoms with van der Waals surface area (Å²) in [6, 6.07) is 10.0. The summed E-state index contributed by atoms with van der Waals surface area (Å²) in [5.41, 5.74) is 2.43. The number of hydrogen-bond acceptors (Lipinski definition) is 4. The van der Waals surface area contributed by atoms with Crippen LogP contribution in [0.1, 0.15) is 53.4 Å². The molecule has 0 amide bonds. The average Bonchev–Trinajstić information content (AvgIpc) is 2.58. The molecule has 134 valence electrons. The first-order chi connectivity index (χ1) is 12.3. The Morgan fingerprint density at radius 2 is 2.00 bits per heavy atom. The highest BCUT2D eigenvalue weighted by molar-refractivity contribution is 7.99. The summed E-state index contributed by atoms with van der Waals surface area (Å²) in [5.74, 6) is 5.06. The highest BCUT2D eigenvalue weighted by Crippen LogP contribution is 2.42. The van der Waals surface area contributed by atoms with Gasteiger partial charge in [0.15, 0.2) is 0 Å². The van der Waals surface area contributed by atoms with E-state index in [1.165, 1.54) is 28.7 Å². The van der Waals surface area contributed by atoms with Crippen LogP contribution in [0.5, 0.6) is 5.75 Å². The van der Waals surface area contributed by atoms with Gasteiger partial charge in [0.25, 0.3) is 0 Å². The molecule has 0 saturated carbocycles. The summed E-state index contributed by atoms with van der Waals surface area (Å²) in [7, 11) is 0. The number of aromatic carboxylic acids is 1. The molecule has 1 aliphatic heterocycles. The molecule has 1 unspecified atom stereocenters. The van der Waals surface area contributed by atoms with Gasteiger partial charge in [0, 0.05) is 10.5 Å². The Balaban J connectivity index is 1.84. The van der Waals surface area contributed by atoms with Crippen LogP contribution < -0.4 is 0 Å². The fraction of sp³-hybridized carbons (Fsp3) is 0.286. The van der Waals surface area contributed by atoms with E-state index < -0.39 is 12.1 Å². The predicted octanol–water partition coefficient (Wildman–Crippen LogP) is 3.95. The van der Waals surface area contributed by atoms with Gasteiger partial charge in [0.05, 0.1) is 0 Å². The van der Waals surface area contributed by atoms with E-state index in [4.69, 9.17) is 5.11 Å². The van der Waals surface area contributed by atoms with Crippen molar-refractivity contribution in [3.63, 3.8) is 0 Å². The van der Waals surface area contributed by atoms with Crippen molar-refractivity contribution in [1.29, 1.82) is 0 Å². The number of phenols is 1. The molecule has 0 radical (unpaired) electrons. The zero-order valence-electron chi connectivity index (χ0n) is 14.6. The van der Waals surface area contributed by atoms with E-state index in [9.17, 15) is 15.0 Å². The van der Waals surface area contributed by atoms with E-state index in [0.29, 0.717) is 5.56 Å². The van der Waals surface area contributed by atoms with Crippen molar-refractivity contribution in [1.82, 2.24) is 0 Å². The Labute approximate surface area is 156 Å². The monoisotopic (exact) mass is 368 g/mol. The minimum Gasteiger partial charge on any atom is -0.507 e. The standard InChI is InChI=1S/C21H20O4S/c1-21(2)9-10-26-19-12-14(5-7-16(19)21)17(22)8-4-13-3-6-15(20(24)25)18(23)11-13/h3,5-7,11-12,17,22-23H,9-10H2,1-2H3,(H,24,25). The molecule has 0 bridgehead atoms. The third-order valence-corrected chi connectivity index (χ3v) is 5.67. The van der Waals surface area contributed by atoms with E-state index in [1.54, 1.807) is 11.8 Å². The summed E-state index contributed by atoms with van der Waals surface area (Å²) >= 11 is 1.80. The summed E-state index contributed by atoms with van der Waals surface area (Å²) in [6.07, 6.45) is 0.176. The fourth-order valence-corrected chi connectivity index (χ4v) is 4.52. The molecule has 4 nitrogen and oxygen atoms in total. The number of rotatable bonds is 2. The molecular weight excluding hydrogens is 348 g/mol. The molecule has 1 atom stereocenters. The van der Waals surface area contributed by atoms with Crippen molar-refractivity contribution in [3.05, 3.63) is 58.7 Å². The van der Waals surface area contributed by atoms with E-state index in [1.807, 2.05) is 12.1 Å². The van der Waals surface area contributed by atoms with Crippen LogP contribution in [0.4, 0.5) is 0 Å². The summed E-state index contributed by atoms with van der Waals surface area (Å²) in [5, 5.41) is 29.0. The Morgan fingerprint density at radius 3 is 2.69 bits per heavy atom. The minimum absolute atomic E-state index is 0.138. The average molecular weight is 368 g/mol. The molecule has 3 N–H and O–H groups in total. The molecule has 0 aliphatic carbocycles. The summed E-state index contributed by atoms with van der Waals surface area (Å²) < 4.78 is 0. The molecule has 0 fully saturated rings. The second kappa shape index (κ2) is 7.06. The SMILES string of the molecule is CC1(C)CCSc2cc(C(O)C#Cc3ccc(C(=O)O)c(O)c3)ccc21. The van der Waals surface area contributed by atoms with Gasteiger partial charge in [-0.05, 0) is 53.0 Å². The Morgan fingerprint density at radius 1 is 1.23 bits per heavy atom.